The molecule has 0 bridgehead atoms. The quantitative estimate of drug-likeness (QED) is 0.163. The number of para-hydroxylation sites is 2. The summed E-state index contributed by atoms with van der Waals surface area (Å²) in [5, 5.41) is 4.82. The maximum atomic E-state index is 5.27. The summed E-state index contributed by atoms with van der Waals surface area (Å²) < 4.78 is 2.40. The van der Waals surface area contributed by atoms with Crippen LogP contribution in [0.2, 0.25) is 0 Å². The number of benzene rings is 9. The molecule has 0 unspecified atom stereocenters. The van der Waals surface area contributed by atoms with Gasteiger partial charge in [-0.25, -0.2) is 15.0 Å². The van der Waals surface area contributed by atoms with Gasteiger partial charge in [0.1, 0.15) is 0 Å². The van der Waals surface area contributed by atoms with Gasteiger partial charge >= 0.3 is 0 Å². The lowest BCUT2D eigenvalue weighted by atomic mass is 9.95. The molecule has 2 aromatic heterocycles. The van der Waals surface area contributed by atoms with Crippen LogP contribution in [-0.4, -0.2) is 19.5 Å². The van der Waals surface area contributed by atoms with Crippen molar-refractivity contribution in [3.05, 3.63) is 218 Å². The van der Waals surface area contributed by atoms with E-state index in [1.165, 1.54) is 27.1 Å². The third-order valence-corrected chi connectivity index (χ3v) is 11.3. The van der Waals surface area contributed by atoms with Crippen molar-refractivity contribution in [1.29, 1.82) is 0 Å². The lowest BCUT2D eigenvalue weighted by Crippen LogP contribution is -2.02. The number of rotatable bonds is 7. The minimum atomic E-state index is 0.605. The van der Waals surface area contributed by atoms with E-state index >= 15 is 0 Å². The minimum Gasteiger partial charge on any atom is -0.309 e. The number of hydrogen-bond acceptors (Lipinski definition) is 3. The molecule has 59 heavy (non-hydrogen) atoms. The number of nitrogens with zero attached hydrogens (tertiary/aromatic N) is 4. The molecule has 4 heteroatoms. The second-order valence-electron chi connectivity index (χ2n) is 14.8. The van der Waals surface area contributed by atoms with E-state index in [0.717, 1.165) is 61.2 Å². The number of hydrogen-bond donors (Lipinski definition) is 0. The monoisotopic (exact) mass is 752 g/mol. The first-order valence-electron chi connectivity index (χ1n) is 19.9. The standard InChI is InChI=1S/C55H36N4/c1-3-15-37(16-4-1)39-29-31-41(32-30-39)53-56-54(43-22-13-21-42(35-43)38-17-5-2-6-18-38)58-55(57-53)44-33-34-49(46-26-14-20-40-19-7-8-23-45(40)46)52(36-44)59-50-27-11-9-24-47(50)48-25-10-12-28-51(48)59/h1-36H. The highest BCUT2D eigenvalue weighted by atomic mass is 15.0. The van der Waals surface area contributed by atoms with Crippen molar-refractivity contribution in [2.45, 2.75) is 0 Å². The largest absolute Gasteiger partial charge is 0.309 e. The van der Waals surface area contributed by atoms with Crippen LogP contribution in [0.3, 0.4) is 0 Å². The third-order valence-electron chi connectivity index (χ3n) is 11.3. The van der Waals surface area contributed by atoms with Crippen molar-refractivity contribution in [2.75, 3.05) is 0 Å². The SMILES string of the molecule is c1ccc(-c2ccc(-c3nc(-c4cccc(-c5ccccc5)c4)nc(-c4ccc(-c5cccc6ccccc56)c(-n5c6ccccc6c6ccccc65)c4)n3)cc2)cc1. The van der Waals surface area contributed by atoms with Crippen LogP contribution in [-0.2, 0) is 0 Å². The van der Waals surface area contributed by atoms with Gasteiger partial charge in [-0.1, -0.05) is 194 Å². The van der Waals surface area contributed by atoms with Gasteiger partial charge in [-0.3, -0.25) is 0 Å². The van der Waals surface area contributed by atoms with E-state index < -0.39 is 0 Å². The van der Waals surface area contributed by atoms with Crippen LogP contribution in [0.15, 0.2) is 218 Å². The number of fused-ring (bicyclic) bond motifs is 4. The molecule has 276 valence electrons. The van der Waals surface area contributed by atoms with Crippen LogP contribution in [0, 0.1) is 0 Å². The summed E-state index contributed by atoms with van der Waals surface area (Å²) in [4.78, 5) is 15.7. The van der Waals surface area contributed by atoms with Gasteiger partial charge in [0.15, 0.2) is 17.5 Å². The Morgan fingerprint density at radius 3 is 1.39 bits per heavy atom. The maximum absolute atomic E-state index is 5.27. The molecule has 0 saturated carbocycles. The van der Waals surface area contributed by atoms with E-state index in [1.54, 1.807) is 0 Å². The van der Waals surface area contributed by atoms with Crippen molar-refractivity contribution >= 4 is 32.6 Å². The summed E-state index contributed by atoms with van der Waals surface area (Å²) in [5.41, 5.74) is 12.9. The molecular weight excluding hydrogens is 717 g/mol. The van der Waals surface area contributed by atoms with Crippen molar-refractivity contribution < 1.29 is 0 Å². The Bertz CT molecular complexity index is 3250. The third kappa shape index (κ3) is 6.24. The fraction of sp³-hybridized carbons (Fsp3) is 0. The van der Waals surface area contributed by atoms with E-state index in [1.807, 2.05) is 12.1 Å². The Morgan fingerprint density at radius 2 is 0.712 bits per heavy atom. The van der Waals surface area contributed by atoms with E-state index in [-0.39, 0.29) is 0 Å². The highest BCUT2D eigenvalue weighted by Crippen LogP contribution is 2.40. The smallest absolute Gasteiger partial charge is 0.164 e. The lowest BCUT2D eigenvalue weighted by molar-refractivity contribution is 1.07. The molecule has 0 saturated heterocycles. The Kier molecular flexibility index (Phi) is 8.45. The molecule has 0 aliphatic rings. The molecule has 4 nitrogen and oxygen atoms in total. The molecule has 11 aromatic rings. The first-order valence-corrected chi connectivity index (χ1v) is 19.9. The van der Waals surface area contributed by atoms with Crippen molar-refractivity contribution in [3.63, 3.8) is 0 Å². The highest BCUT2D eigenvalue weighted by Gasteiger charge is 2.20. The average molecular weight is 753 g/mol. The molecule has 0 fully saturated rings. The molecule has 2 heterocycles. The fourth-order valence-electron chi connectivity index (χ4n) is 8.40. The average Bonchev–Trinajstić information content (AvgIpc) is 3.66. The van der Waals surface area contributed by atoms with E-state index in [4.69, 9.17) is 15.0 Å². The topological polar surface area (TPSA) is 43.6 Å². The first-order chi connectivity index (χ1) is 29.2. The normalized spacial score (nSPS) is 11.4. The zero-order valence-corrected chi connectivity index (χ0v) is 32.1. The molecule has 0 N–H and O–H groups in total. The van der Waals surface area contributed by atoms with Crippen LogP contribution < -0.4 is 0 Å². The fourth-order valence-corrected chi connectivity index (χ4v) is 8.40. The van der Waals surface area contributed by atoms with Crippen LogP contribution in [0.25, 0.3) is 106 Å². The molecular formula is C55H36N4. The zero-order valence-electron chi connectivity index (χ0n) is 32.1. The Balaban J connectivity index is 1.15. The zero-order chi connectivity index (χ0) is 39.1. The molecule has 9 aromatic carbocycles. The summed E-state index contributed by atoms with van der Waals surface area (Å²) in [6.45, 7) is 0. The molecule has 0 spiro atoms. The van der Waals surface area contributed by atoms with Crippen molar-refractivity contribution in [1.82, 2.24) is 19.5 Å². The summed E-state index contributed by atoms with van der Waals surface area (Å²) in [5.74, 6) is 1.84. The lowest BCUT2D eigenvalue weighted by Gasteiger charge is -2.17. The summed E-state index contributed by atoms with van der Waals surface area (Å²) in [7, 11) is 0. The Labute approximate surface area is 342 Å². The van der Waals surface area contributed by atoms with Crippen LogP contribution >= 0.6 is 0 Å². The molecule has 0 atom stereocenters. The van der Waals surface area contributed by atoms with Crippen LogP contribution in [0.4, 0.5) is 0 Å². The predicted octanol–water partition coefficient (Wildman–Crippen LogP) is 14.1. The summed E-state index contributed by atoms with van der Waals surface area (Å²) in [6, 6.07) is 77.0. The van der Waals surface area contributed by atoms with Gasteiger partial charge < -0.3 is 4.57 Å². The van der Waals surface area contributed by atoms with E-state index in [2.05, 4.69) is 211 Å². The van der Waals surface area contributed by atoms with Crippen molar-refractivity contribution in [3.8, 4) is 73.2 Å². The summed E-state index contributed by atoms with van der Waals surface area (Å²) >= 11 is 0. The Morgan fingerprint density at radius 1 is 0.271 bits per heavy atom. The molecule has 0 radical (unpaired) electrons. The highest BCUT2D eigenvalue weighted by molar-refractivity contribution is 6.10. The minimum absolute atomic E-state index is 0.605. The molecule has 0 aliphatic carbocycles. The van der Waals surface area contributed by atoms with Gasteiger partial charge in [0, 0.05) is 33.0 Å². The van der Waals surface area contributed by atoms with Gasteiger partial charge in [0.25, 0.3) is 0 Å². The van der Waals surface area contributed by atoms with Gasteiger partial charge in [-0.2, -0.15) is 0 Å². The van der Waals surface area contributed by atoms with Crippen LogP contribution in [0.5, 0.6) is 0 Å². The Hall–Kier alpha value is -7.95. The first kappa shape index (κ1) is 34.3. The second kappa shape index (κ2) is 14.5. The second-order valence-corrected chi connectivity index (χ2v) is 14.8. The summed E-state index contributed by atoms with van der Waals surface area (Å²) in [6.07, 6.45) is 0. The molecule has 0 amide bonds. The van der Waals surface area contributed by atoms with Gasteiger partial charge in [0.05, 0.1) is 16.7 Å². The van der Waals surface area contributed by atoms with E-state index in [9.17, 15) is 0 Å². The van der Waals surface area contributed by atoms with Crippen molar-refractivity contribution in [2.24, 2.45) is 0 Å². The molecule has 11 rings (SSSR count). The predicted molar refractivity (Wildman–Crippen MR) is 244 cm³/mol. The van der Waals surface area contributed by atoms with Gasteiger partial charge in [0.2, 0.25) is 0 Å². The van der Waals surface area contributed by atoms with Gasteiger partial charge in [-0.15, -0.1) is 0 Å². The van der Waals surface area contributed by atoms with E-state index in [0.29, 0.717) is 17.5 Å². The number of aromatic nitrogens is 4. The molecule has 0 aliphatic heterocycles. The maximum Gasteiger partial charge on any atom is 0.164 e. The van der Waals surface area contributed by atoms with Gasteiger partial charge in [-0.05, 0) is 62.9 Å². The van der Waals surface area contributed by atoms with Crippen LogP contribution in [0.1, 0.15) is 0 Å².